The van der Waals surface area contributed by atoms with Crippen molar-refractivity contribution in [2.24, 2.45) is 0 Å². The smallest absolute Gasteiger partial charge is 0.125 e. The topological polar surface area (TPSA) is 30.7 Å². The lowest BCUT2D eigenvalue weighted by molar-refractivity contribution is 0.629. The predicted octanol–water partition coefficient (Wildman–Crippen LogP) is 6.03. The van der Waals surface area contributed by atoms with Gasteiger partial charge in [0.1, 0.15) is 11.5 Å². The van der Waals surface area contributed by atoms with Crippen molar-refractivity contribution in [2.45, 2.75) is 0 Å². The molecule has 3 aromatic carbocycles. The van der Waals surface area contributed by atoms with E-state index in [0.29, 0.717) is 10.5 Å². The van der Waals surface area contributed by atoms with Crippen molar-refractivity contribution in [1.82, 2.24) is 14.8 Å². The van der Waals surface area contributed by atoms with Gasteiger partial charge in [-0.05, 0) is 30.3 Å². The van der Waals surface area contributed by atoms with E-state index in [1.165, 1.54) is 12.1 Å². The summed E-state index contributed by atoms with van der Waals surface area (Å²) in [5, 5.41) is 7.23. The van der Waals surface area contributed by atoms with E-state index in [2.05, 4.69) is 4.98 Å². The second-order valence-electron chi connectivity index (χ2n) is 6.29. The summed E-state index contributed by atoms with van der Waals surface area (Å²) in [6, 6.07) is 22.1. The van der Waals surface area contributed by atoms with E-state index < -0.39 is 0 Å². The Morgan fingerprint density at radius 1 is 0.852 bits per heavy atom. The molecule has 2 aromatic heterocycles. The molecule has 0 atom stereocenters. The fourth-order valence-corrected chi connectivity index (χ4v) is 3.55. The van der Waals surface area contributed by atoms with Crippen LogP contribution in [-0.2, 0) is 0 Å². The molecule has 0 radical (unpaired) electrons. The number of benzene rings is 3. The molecule has 0 amide bonds. The second kappa shape index (κ2) is 6.18. The minimum Gasteiger partial charge on any atom is -0.255 e. The van der Waals surface area contributed by atoms with Gasteiger partial charge in [0.2, 0.25) is 0 Å². The van der Waals surface area contributed by atoms with E-state index in [4.69, 9.17) is 16.7 Å². The third-order valence-corrected chi connectivity index (χ3v) is 4.80. The molecule has 130 valence electrons. The first-order valence-electron chi connectivity index (χ1n) is 8.49. The molecule has 5 rings (SSSR count). The van der Waals surface area contributed by atoms with Crippen molar-refractivity contribution in [2.75, 3.05) is 0 Å². The van der Waals surface area contributed by atoms with E-state index in [1.807, 2.05) is 59.3 Å². The van der Waals surface area contributed by atoms with E-state index in [9.17, 15) is 4.39 Å². The molecule has 0 bridgehead atoms. The number of rotatable bonds is 2. The van der Waals surface area contributed by atoms with Gasteiger partial charge in [-0.2, -0.15) is 5.10 Å². The Morgan fingerprint density at radius 3 is 2.52 bits per heavy atom. The summed E-state index contributed by atoms with van der Waals surface area (Å²) in [4.78, 5) is 4.46. The van der Waals surface area contributed by atoms with E-state index >= 15 is 0 Å². The highest BCUT2D eigenvalue weighted by Crippen LogP contribution is 2.34. The van der Waals surface area contributed by atoms with Crippen LogP contribution in [0.2, 0.25) is 5.02 Å². The van der Waals surface area contributed by atoms with Gasteiger partial charge in [-0.1, -0.05) is 48.0 Å². The monoisotopic (exact) mass is 373 g/mol. The fraction of sp³-hybridized carbons (Fsp3) is 0. The average Bonchev–Trinajstić information content (AvgIpc) is 3.08. The van der Waals surface area contributed by atoms with Crippen molar-refractivity contribution >= 4 is 33.4 Å². The van der Waals surface area contributed by atoms with Gasteiger partial charge in [-0.25, -0.2) is 9.07 Å². The van der Waals surface area contributed by atoms with Crippen molar-refractivity contribution in [1.29, 1.82) is 0 Å². The fourth-order valence-electron chi connectivity index (χ4n) is 3.36. The lowest BCUT2D eigenvalue weighted by Gasteiger charge is -2.06. The summed E-state index contributed by atoms with van der Waals surface area (Å²) in [6.45, 7) is 0. The summed E-state index contributed by atoms with van der Waals surface area (Å²) in [7, 11) is 0. The Morgan fingerprint density at radius 2 is 1.70 bits per heavy atom. The molecule has 0 aliphatic heterocycles. The molecule has 0 aliphatic carbocycles. The SMILES string of the molecule is Fc1ccc2c(c1)ncc1c(-c3ccccc3)nn(-c3cccc(Cl)c3)c12. The number of hydrogen-bond donors (Lipinski definition) is 0. The van der Waals surface area contributed by atoms with Gasteiger partial charge in [-0.15, -0.1) is 0 Å². The highest BCUT2D eigenvalue weighted by atomic mass is 35.5. The number of nitrogens with zero attached hydrogens (tertiary/aromatic N) is 3. The van der Waals surface area contributed by atoms with Crippen LogP contribution in [0, 0.1) is 5.82 Å². The molecule has 0 spiro atoms. The third-order valence-electron chi connectivity index (χ3n) is 4.57. The first-order chi connectivity index (χ1) is 13.2. The molecule has 3 nitrogen and oxygen atoms in total. The lowest BCUT2D eigenvalue weighted by Crippen LogP contribution is -1.97. The molecule has 0 unspecified atom stereocenters. The van der Waals surface area contributed by atoms with Crippen LogP contribution in [0.3, 0.4) is 0 Å². The normalized spacial score (nSPS) is 11.3. The maximum absolute atomic E-state index is 13.7. The Balaban J connectivity index is 1.92. The van der Waals surface area contributed by atoms with Crippen LogP contribution in [0.4, 0.5) is 4.39 Å². The number of fused-ring (bicyclic) bond motifs is 3. The van der Waals surface area contributed by atoms with Crippen LogP contribution in [0.25, 0.3) is 38.8 Å². The van der Waals surface area contributed by atoms with Crippen molar-refractivity contribution in [3.63, 3.8) is 0 Å². The number of pyridine rings is 1. The molecule has 0 fully saturated rings. The van der Waals surface area contributed by atoms with Gasteiger partial charge < -0.3 is 0 Å². The molecule has 2 heterocycles. The van der Waals surface area contributed by atoms with Crippen LogP contribution in [-0.4, -0.2) is 14.8 Å². The molecule has 5 aromatic rings. The summed E-state index contributed by atoms with van der Waals surface area (Å²) in [5.74, 6) is -0.313. The van der Waals surface area contributed by atoms with Gasteiger partial charge in [-0.3, -0.25) is 4.98 Å². The van der Waals surface area contributed by atoms with Gasteiger partial charge >= 0.3 is 0 Å². The zero-order chi connectivity index (χ0) is 18.4. The number of aromatic nitrogens is 3. The molecule has 0 saturated carbocycles. The molecule has 27 heavy (non-hydrogen) atoms. The molecular weight excluding hydrogens is 361 g/mol. The van der Waals surface area contributed by atoms with Crippen molar-refractivity contribution in [3.8, 4) is 16.9 Å². The summed E-state index contributed by atoms with van der Waals surface area (Å²) < 4.78 is 15.6. The largest absolute Gasteiger partial charge is 0.255 e. The van der Waals surface area contributed by atoms with Crippen molar-refractivity contribution < 1.29 is 4.39 Å². The van der Waals surface area contributed by atoms with Crippen LogP contribution in [0.1, 0.15) is 0 Å². The number of halogens is 2. The molecule has 0 aliphatic rings. The summed E-state index contributed by atoms with van der Waals surface area (Å²) in [6.07, 6.45) is 1.76. The zero-order valence-corrected chi connectivity index (χ0v) is 14.9. The van der Waals surface area contributed by atoms with E-state index in [-0.39, 0.29) is 5.82 Å². The van der Waals surface area contributed by atoms with Crippen LogP contribution < -0.4 is 0 Å². The first kappa shape index (κ1) is 16.0. The predicted molar refractivity (Wildman–Crippen MR) is 107 cm³/mol. The highest BCUT2D eigenvalue weighted by Gasteiger charge is 2.17. The Bertz CT molecular complexity index is 1300. The second-order valence-corrected chi connectivity index (χ2v) is 6.72. The van der Waals surface area contributed by atoms with Gasteiger partial charge in [0.25, 0.3) is 0 Å². The number of hydrogen-bond acceptors (Lipinski definition) is 2. The van der Waals surface area contributed by atoms with Crippen LogP contribution in [0.15, 0.2) is 79.0 Å². The summed E-state index contributed by atoms with van der Waals surface area (Å²) in [5.41, 5.74) is 4.12. The maximum atomic E-state index is 13.7. The zero-order valence-electron chi connectivity index (χ0n) is 14.1. The molecule has 0 N–H and O–H groups in total. The first-order valence-corrected chi connectivity index (χ1v) is 8.87. The average molecular weight is 374 g/mol. The summed E-state index contributed by atoms with van der Waals surface area (Å²) >= 11 is 6.21. The highest BCUT2D eigenvalue weighted by molar-refractivity contribution is 6.30. The van der Waals surface area contributed by atoms with E-state index in [1.54, 1.807) is 12.3 Å². The third kappa shape index (κ3) is 2.66. The minimum atomic E-state index is -0.313. The van der Waals surface area contributed by atoms with E-state index in [0.717, 1.165) is 33.2 Å². The Hall–Kier alpha value is -3.24. The van der Waals surface area contributed by atoms with Gasteiger partial charge in [0.05, 0.1) is 16.7 Å². The Kier molecular flexibility index (Phi) is 3.66. The molecule has 0 saturated heterocycles. The standard InChI is InChI=1S/C22H13ClFN3/c23-15-7-4-8-17(11-15)27-22-18-10-9-16(24)12-20(18)25-13-19(22)21(26-27)14-5-2-1-3-6-14/h1-13H. The quantitative estimate of drug-likeness (QED) is 0.378. The van der Waals surface area contributed by atoms with Gasteiger partial charge in [0, 0.05) is 33.6 Å². The van der Waals surface area contributed by atoms with Crippen molar-refractivity contribution in [3.05, 3.63) is 89.8 Å². The maximum Gasteiger partial charge on any atom is 0.125 e. The van der Waals surface area contributed by atoms with Crippen LogP contribution in [0.5, 0.6) is 0 Å². The minimum absolute atomic E-state index is 0.313. The van der Waals surface area contributed by atoms with Gasteiger partial charge in [0.15, 0.2) is 0 Å². The van der Waals surface area contributed by atoms with Crippen LogP contribution >= 0.6 is 11.6 Å². The lowest BCUT2D eigenvalue weighted by atomic mass is 10.1. The molecular formula is C22H13ClFN3. The molecule has 5 heteroatoms. The Labute approximate surface area is 159 Å².